The van der Waals surface area contributed by atoms with Gasteiger partial charge in [0.1, 0.15) is 0 Å². The molecule has 1 rings (SSSR count). The average molecular weight is 182 g/mol. The molecule has 9 heavy (non-hydrogen) atoms. The molecule has 1 aromatic rings. The molecule has 0 saturated heterocycles. The molecule has 0 radical (unpaired) electrons. The van der Waals surface area contributed by atoms with Crippen molar-refractivity contribution in [2.75, 3.05) is 0 Å². The molecular weight excluding hydrogens is 171 g/mol. The van der Waals surface area contributed by atoms with E-state index in [1.807, 2.05) is 0 Å². The van der Waals surface area contributed by atoms with Crippen molar-refractivity contribution in [3.05, 3.63) is 30.3 Å². The third-order valence-electron chi connectivity index (χ3n) is 1.15. The predicted octanol–water partition coefficient (Wildman–Crippen LogP) is 1.19. The van der Waals surface area contributed by atoms with Crippen LogP contribution in [0.2, 0.25) is 5.21 Å². The first-order valence-electron chi connectivity index (χ1n) is 3.22. The van der Waals surface area contributed by atoms with Gasteiger partial charge in [-0.05, 0) is 0 Å². The number of hydrogen-bond acceptors (Lipinski definition) is 0. The molecule has 0 N–H and O–H groups in total. The molecule has 0 heterocycles. The van der Waals surface area contributed by atoms with E-state index >= 15 is 0 Å². The van der Waals surface area contributed by atoms with Crippen molar-refractivity contribution in [2.45, 2.75) is 12.1 Å². The van der Waals surface area contributed by atoms with Gasteiger partial charge in [0.25, 0.3) is 0 Å². The van der Waals surface area contributed by atoms with Gasteiger partial charge in [0.15, 0.2) is 0 Å². The number of hydrogen-bond donors (Lipinski definition) is 0. The minimum atomic E-state index is 0.210. The normalized spacial score (nSPS) is 10.8. The van der Waals surface area contributed by atoms with Crippen LogP contribution in [0.15, 0.2) is 30.3 Å². The summed E-state index contributed by atoms with van der Waals surface area (Å²) in [7, 11) is 0. The van der Waals surface area contributed by atoms with Gasteiger partial charge in [-0.15, -0.1) is 0 Å². The van der Waals surface area contributed by atoms with E-state index in [4.69, 9.17) is 0 Å². The summed E-state index contributed by atoms with van der Waals surface area (Å²) in [5.41, 5.74) is 0. The van der Waals surface area contributed by atoms with Gasteiger partial charge < -0.3 is 0 Å². The maximum absolute atomic E-state index is 2.26. The van der Waals surface area contributed by atoms with E-state index in [2.05, 4.69) is 37.3 Å². The Morgan fingerprint density at radius 3 is 2.44 bits per heavy atom. The molecule has 0 saturated carbocycles. The Morgan fingerprint density at radius 1 is 1.22 bits per heavy atom. The zero-order chi connectivity index (χ0) is 6.53. The van der Waals surface area contributed by atoms with Crippen molar-refractivity contribution in [1.82, 2.24) is 0 Å². The van der Waals surface area contributed by atoms with Crippen LogP contribution in [-0.2, 0) is 0 Å². The maximum atomic E-state index is 2.26. The second-order valence-electron chi connectivity index (χ2n) is 1.90. The van der Waals surface area contributed by atoms with Crippen LogP contribution >= 0.6 is 0 Å². The van der Waals surface area contributed by atoms with Crippen LogP contribution in [0.1, 0.15) is 6.92 Å². The van der Waals surface area contributed by atoms with Crippen LogP contribution in [0, 0.1) is 0 Å². The molecule has 0 spiro atoms. The van der Waals surface area contributed by atoms with E-state index in [1.54, 1.807) is 4.35 Å². The fourth-order valence-electron chi connectivity index (χ4n) is 0.760. The van der Waals surface area contributed by atoms with Crippen molar-refractivity contribution in [1.29, 1.82) is 0 Å². The van der Waals surface area contributed by atoms with Crippen LogP contribution in [0.4, 0.5) is 0 Å². The molecule has 1 heteroatoms. The van der Waals surface area contributed by atoms with Gasteiger partial charge in [-0.3, -0.25) is 0 Å². The Morgan fingerprint density at radius 2 is 1.89 bits per heavy atom. The summed E-state index contributed by atoms with van der Waals surface area (Å²) in [5.74, 6) is 0. The first-order chi connectivity index (χ1) is 4.43. The second-order valence-corrected chi connectivity index (χ2v) is 5.33. The van der Waals surface area contributed by atoms with Crippen molar-refractivity contribution < 1.29 is 0 Å². The summed E-state index contributed by atoms with van der Waals surface area (Å²) in [4.78, 5) is 0. The Hall–Kier alpha value is -0.222. The van der Waals surface area contributed by atoms with Crippen LogP contribution in [0.5, 0.6) is 0 Å². The monoisotopic (exact) mass is 182 g/mol. The van der Waals surface area contributed by atoms with Crippen molar-refractivity contribution in [3.63, 3.8) is 0 Å². The Kier molecular flexibility index (Phi) is 2.86. The molecule has 0 aliphatic rings. The van der Waals surface area contributed by atoms with Gasteiger partial charge in [-0.25, -0.2) is 0 Å². The Labute approximate surface area is 63.0 Å². The zero-order valence-corrected chi connectivity index (χ0v) is 7.69. The van der Waals surface area contributed by atoms with Gasteiger partial charge >= 0.3 is 62.6 Å². The van der Waals surface area contributed by atoms with Crippen LogP contribution in [-0.4, -0.2) is 15.8 Å². The summed E-state index contributed by atoms with van der Waals surface area (Å²) in [6, 6.07) is 10.8. The fourth-order valence-corrected chi connectivity index (χ4v) is 2.51. The summed E-state index contributed by atoms with van der Waals surface area (Å²) in [5, 5.41) is 1.37. The molecule has 1 atom stereocenters. The molecule has 0 bridgehead atoms. The standard InChI is InChI=1S/C8H11As/c1-2-9-8-6-4-3-5-7-8/h3-7,9H,2H2,1H3. The molecule has 0 nitrogen and oxygen atoms in total. The molecule has 0 amide bonds. The van der Waals surface area contributed by atoms with Gasteiger partial charge in [0, 0.05) is 0 Å². The van der Waals surface area contributed by atoms with E-state index < -0.39 is 0 Å². The first-order valence-corrected chi connectivity index (χ1v) is 5.75. The van der Waals surface area contributed by atoms with Crippen LogP contribution < -0.4 is 4.35 Å². The molecule has 0 aliphatic heterocycles. The molecular formula is C8H11As. The van der Waals surface area contributed by atoms with E-state index in [1.165, 1.54) is 5.21 Å². The van der Waals surface area contributed by atoms with Crippen molar-refractivity contribution in [2.24, 2.45) is 0 Å². The zero-order valence-electron chi connectivity index (χ0n) is 5.59. The minimum absolute atomic E-state index is 0.210. The molecule has 1 aromatic carbocycles. The van der Waals surface area contributed by atoms with Gasteiger partial charge in [0.2, 0.25) is 0 Å². The van der Waals surface area contributed by atoms with Gasteiger partial charge in [-0.2, -0.15) is 0 Å². The van der Waals surface area contributed by atoms with E-state index in [0.29, 0.717) is 0 Å². The quantitative estimate of drug-likeness (QED) is 0.602. The third kappa shape index (κ3) is 2.24. The summed E-state index contributed by atoms with van der Waals surface area (Å²) >= 11 is 0.210. The van der Waals surface area contributed by atoms with Gasteiger partial charge in [0.05, 0.1) is 0 Å². The molecule has 1 unspecified atom stereocenters. The Balaban J connectivity index is 2.61. The number of benzene rings is 1. The third-order valence-corrected chi connectivity index (χ3v) is 3.45. The van der Waals surface area contributed by atoms with Crippen LogP contribution in [0.25, 0.3) is 0 Å². The summed E-state index contributed by atoms with van der Waals surface area (Å²) < 4.78 is 1.57. The Bertz CT molecular complexity index is 157. The van der Waals surface area contributed by atoms with Crippen molar-refractivity contribution in [3.8, 4) is 0 Å². The van der Waals surface area contributed by atoms with E-state index in [-0.39, 0.29) is 15.8 Å². The second kappa shape index (κ2) is 3.74. The summed E-state index contributed by atoms with van der Waals surface area (Å²) in [6.07, 6.45) is 0. The predicted molar refractivity (Wildman–Crippen MR) is 43.7 cm³/mol. The summed E-state index contributed by atoms with van der Waals surface area (Å²) in [6.45, 7) is 2.26. The molecule has 0 fully saturated rings. The topological polar surface area (TPSA) is 0 Å². The fraction of sp³-hybridized carbons (Fsp3) is 0.250. The van der Waals surface area contributed by atoms with E-state index in [9.17, 15) is 0 Å². The van der Waals surface area contributed by atoms with Crippen LogP contribution in [0.3, 0.4) is 0 Å². The number of rotatable bonds is 2. The average Bonchev–Trinajstić information content (AvgIpc) is 1.91. The van der Waals surface area contributed by atoms with E-state index in [0.717, 1.165) is 0 Å². The molecule has 0 aliphatic carbocycles. The molecule has 0 aromatic heterocycles. The van der Waals surface area contributed by atoms with Crippen molar-refractivity contribution >= 4 is 20.1 Å². The van der Waals surface area contributed by atoms with Gasteiger partial charge in [-0.1, -0.05) is 0 Å². The SMILES string of the molecule is CC[AsH]c1ccccc1. The first kappa shape index (κ1) is 6.89. The molecule has 48 valence electrons.